The molecule has 1 aromatic heterocycles. The predicted molar refractivity (Wildman–Crippen MR) is 120 cm³/mol. The third-order valence-electron chi connectivity index (χ3n) is 5.16. The maximum absolute atomic E-state index is 12.7. The molecule has 0 saturated heterocycles. The van der Waals surface area contributed by atoms with Crippen LogP contribution in [0.15, 0.2) is 46.0 Å². The lowest BCUT2D eigenvalue weighted by atomic mass is 10.0. The highest BCUT2D eigenvalue weighted by molar-refractivity contribution is 5.95. The molecule has 1 aromatic carbocycles. The van der Waals surface area contributed by atoms with Crippen LogP contribution in [-0.2, 0) is 25.5 Å². The standard InChI is InChI=1S/C24H28N2O8/c1-5-32-23(28)21-17(25-24(29)26-22(21)19-9-6-14(2)34-19)13-33-20(27)11-7-15-12-16(30-3)8-10-18(15)31-4/h6,8-10,12,22H,5,7,11,13H2,1-4H3,(H2,25,26,29)/t22-/m0/s1. The zero-order valence-electron chi connectivity index (χ0n) is 19.6. The van der Waals surface area contributed by atoms with Gasteiger partial charge in [-0.25, -0.2) is 9.59 Å². The molecule has 1 aliphatic rings. The third-order valence-corrected chi connectivity index (χ3v) is 5.16. The van der Waals surface area contributed by atoms with Gasteiger partial charge < -0.3 is 34.0 Å². The second kappa shape index (κ2) is 11.3. The van der Waals surface area contributed by atoms with Gasteiger partial charge in [-0.3, -0.25) is 4.79 Å². The van der Waals surface area contributed by atoms with Gasteiger partial charge >= 0.3 is 18.0 Å². The fraction of sp³-hybridized carbons (Fsp3) is 0.375. The molecule has 0 aliphatic carbocycles. The Morgan fingerprint density at radius 1 is 1.09 bits per heavy atom. The van der Waals surface area contributed by atoms with E-state index in [4.69, 9.17) is 23.4 Å². The Kier molecular flexibility index (Phi) is 8.18. The van der Waals surface area contributed by atoms with Gasteiger partial charge in [0.2, 0.25) is 0 Å². The molecule has 10 nitrogen and oxygen atoms in total. The Labute approximate surface area is 197 Å². The minimum Gasteiger partial charge on any atom is -0.497 e. The lowest BCUT2D eigenvalue weighted by Gasteiger charge is -2.27. The number of amides is 2. The van der Waals surface area contributed by atoms with E-state index < -0.39 is 24.0 Å². The third kappa shape index (κ3) is 5.89. The van der Waals surface area contributed by atoms with Gasteiger partial charge in [-0.1, -0.05) is 0 Å². The average molecular weight is 472 g/mol. The molecule has 0 bridgehead atoms. The second-order valence-corrected chi connectivity index (χ2v) is 7.43. The number of methoxy groups -OCH3 is 2. The van der Waals surface area contributed by atoms with Crippen LogP contribution < -0.4 is 20.1 Å². The lowest BCUT2D eigenvalue weighted by molar-refractivity contribution is -0.143. The van der Waals surface area contributed by atoms with E-state index in [0.29, 0.717) is 29.4 Å². The summed E-state index contributed by atoms with van der Waals surface area (Å²) < 4.78 is 26.7. The van der Waals surface area contributed by atoms with Crippen molar-refractivity contribution >= 4 is 18.0 Å². The lowest BCUT2D eigenvalue weighted by Crippen LogP contribution is -2.47. The van der Waals surface area contributed by atoms with Gasteiger partial charge in [0.15, 0.2) is 0 Å². The Hall–Kier alpha value is -3.95. The van der Waals surface area contributed by atoms with Crippen molar-refractivity contribution < 1.29 is 37.7 Å². The molecule has 3 rings (SSSR count). The normalized spacial score (nSPS) is 15.3. The molecule has 2 heterocycles. The van der Waals surface area contributed by atoms with Crippen LogP contribution in [0.1, 0.15) is 36.5 Å². The number of furan rings is 1. The maximum atomic E-state index is 12.7. The fourth-order valence-electron chi connectivity index (χ4n) is 3.54. The van der Waals surface area contributed by atoms with E-state index in [1.807, 2.05) is 0 Å². The quantitative estimate of drug-likeness (QED) is 0.506. The summed E-state index contributed by atoms with van der Waals surface area (Å²) in [6.45, 7) is 3.24. The molecule has 2 aromatic rings. The number of nitrogens with one attached hydrogen (secondary N) is 2. The zero-order valence-corrected chi connectivity index (χ0v) is 19.6. The van der Waals surface area contributed by atoms with Gasteiger partial charge in [0.25, 0.3) is 0 Å². The van der Waals surface area contributed by atoms with Gasteiger partial charge in [0.1, 0.15) is 35.7 Å². The molecule has 10 heteroatoms. The van der Waals surface area contributed by atoms with Crippen molar-refractivity contribution in [2.45, 2.75) is 32.7 Å². The SMILES string of the molecule is CCOC(=O)C1=C(COC(=O)CCc2cc(OC)ccc2OC)NC(=O)N[C@H]1c1ccc(C)o1. The molecule has 2 amide bonds. The summed E-state index contributed by atoms with van der Waals surface area (Å²) in [5.74, 6) is 1.09. The number of hydrogen-bond acceptors (Lipinski definition) is 8. The summed E-state index contributed by atoms with van der Waals surface area (Å²) in [6, 6.07) is 7.26. The number of rotatable bonds is 10. The zero-order chi connectivity index (χ0) is 24.7. The number of aryl methyl sites for hydroxylation is 2. The molecule has 0 radical (unpaired) electrons. The van der Waals surface area contributed by atoms with E-state index in [-0.39, 0.29) is 30.9 Å². The molecule has 0 spiro atoms. The van der Waals surface area contributed by atoms with Crippen LogP contribution in [0.4, 0.5) is 4.79 Å². The van der Waals surface area contributed by atoms with Crippen molar-refractivity contribution in [2.75, 3.05) is 27.4 Å². The number of ether oxygens (including phenoxy) is 4. The second-order valence-electron chi connectivity index (χ2n) is 7.43. The number of carbonyl (C=O) groups is 3. The van der Waals surface area contributed by atoms with Crippen molar-refractivity contribution in [3.05, 3.63) is 58.7 Å². The first-order valence-electron chi connectivity index (χ1n) is 10.8. The summed E-state index contributed by atoms with van der Waals surface area (Å²) in [7, 11) is 3.10. The minimum atomic E-state index is -0.878. The number of esters is 2. The highest BCUT2D eigenvalue weighted by Crippen LogP contribution is 2.29. The van der Waals surface area contributed by atoms with Crippen LogP contribution in [0.2, 0.25) is 0 Å². The molecule has 1 atom stereocenters. The Morgan fingerprint density at radius 3 is 2.53 bits per heavy atom. The van der Waals surface area contributed by atoms with E-state index in [9.17, 15) is 14.4 Å². The van der Waals surface area contributed by atoms with Gasteiger partial charge in [-0.05, 0) is 56.2 Å². The summed E-state index contributed by atoms with van der Waals surface area (Å²) >= 11 is 0. The van der Waals surface area contributed by atoms with Crippen LogP contribution in [0, 0.1) is 6.92 Å². The summed E-state index contributed by atoms with van der Waals surface area (Å²) in [4.78, 5) is 37.4. The minimum absolute atomic E-state index is 0.0541. The number of benzene rings is 1. The average Bonchev–Trinajstić information content (AvgIpc) is 3.26. The predicted octanol–water partition coefficient (Wildman–Crippen LogP) is 2.95. The van der Waals surface area contributed by atoms with Crippen molar-refractivity contribution in [2.24, 2.45) is 0 Å². The van der Waals surface area contributed by atoms with Crippen molar-refractivity contribution in [3.8, 4) is 11.5 Å². The number of carbonyl (C=O) groups excluding carboxylic acids is 3. The van der Waals surface area contributed by atoms with Gasteiger partial charge in [-0.15, -0.1) is 0 Å². The van der Waals surface area contributed by atoms with Gasteiger partial charge in [0.05, 0.1) is 32.1 Å². The molecule has 1 aliphatic heterocycles. The van der Waals surface area contributed by atoms with E-state index in [1.165, 1.54) is 0 Å². The fourth-order valence-corrected chi connectivity index (χ4v) is 3.54. The highest BCUT2D eigenvalue weighted by Gasteiger charge is 2.36. The smallest absolute Gasteiger partial charge is 0.338 e. The highest BCUT2D eigenvalue weighted by atomic mass is 16.5. The Morgan fingerprint density at radius 2 is 1.88 bits per heavy atom. The summed E-state index contributed by atoms with van der Waals surface area (Å²) in [5.41, 5.74) is 1.03. The molecule has 2 N–H and O–H groups in total. The number of urea groups is 1. The summed E-state index contributed by atoms with van der Waals surface area (Å²) in [6.07, 6.45) is 0.406. The first-order valence-corrected chi connectivity index (χ1v) is 10.8. The molecule has 182 valence electrons. The summed E-state index contributed by atoms with van der Waals surface area (Å²) in [5, 5.41) is 5.20. The number of hydrogen-bond donors (Lipinski definition) is 2. The molecule has 0 fully saturated rings. The Bertz CT molecular complexity index is 1090. The van der Waals surface area contributed by atoms with Crippen LogP contribution in [-0.4, -0.2) is 45.4 Å². The van der Waals surface area contributed by atoms with Crippen LogP contribution >= 0.6 is 0 Å². The Balaban J connectivity index is 1.75. The molecule has 0 unspecified atom stereocenters. The van der Waals surface area contributed by atoms with Crippen molar-refractivity contribution in [1.82, 2.24) is 10.6 Å². The molecular weight excluding hydrogens is 444 g/mol. The van der Waals surface area contributed by atoms with E-state index >= 15 is 0 Å². The molecular formula is C24H28N2O8. The van der Waals surface area contributed by atoms with Gasteiger partial charge in [-0.2, -0.15) is 0 Å². The van der Waals surface area contributed by atoms with E-state index in [2.05, 4.69) is 10.6 Å². The van der Waals surface area contributed by atoms with E-state index in [0.717, 1.165) is 5.56 Å². The van der Waals surface area contributed by atoms with Crippen LogP contribution in [0.5, 0.6) is 11.5 Å². The first-order chi connectivity index (χ1) is 16.4. The molecule has 0 saturated carbocycles. The maximum Gasteiger partial charge on any atom is 0.338 e. The van der Waals surface area contributed by atoms with Crippen LogP contribution in [0.25, 0.3) is 0 Å². The largest absolute Gasteiger partial charge is 0.497 e. The first kappa shape index (κ1) is 24.7. The topological polar surface area (TPSA) is 125 Å². The van der Waals surface area contributed by atoms with Crippen molar-refractivity contribution in [3.63, 3.8) is 0 Å². The van der Waals surface area contributed by atoms with Crippen LogP contribution in [0.3, 0.4) is 0 Å². The molecule has 34 heavy (non-hydrogen) atoms. The monoisotopic (exact) mass is 472 g/mol. The van der Waals surface area contributed by atoms with Gasteiger partial charge in [0, 0.05) is 6.42 Å². The van der Waals surface area contributed by atoms with Crippen molar-refractivity contribution in [1.29, 1.82) is 0 Å². The van der Waals surface area contributed by atoms with E-state index in [1.54, 1.807) is 58.4 Å².